The quantitative estimate of drug-likeness (QED) is 0.883. The first-order chi connectivity index (χ1) is 10.6. The van der Waals surface area contributed by atoms with Crippen molar-refractivity contribution in [2.24, 2.45) is 0 Å². The topological polar surface area (TPSA) is 89.5 Å². The number of nitrogens with zero attached hydrogens (tertiary/aromatic N) is 1. The molecule has 0 saturated heterocycles. The fourth-order valence-corrected chi connectivity index (χ4v) is 2.35. The van der Waals surface area contributed by atoms with E-state index in [9.17, 15) is 9.59 Å². The molecule has 2 N–H and O–H groups in total. The van der Waals surface area contributed by atoms with Crippen LogP contribution >= 0.6 is 11.3 Å². The SMILES string of the molecule is COC(=O)Nc1nc(CC(=O)Nc2cccc(OC)c2)cs1. The first-order valence-corrected chi connectivity index (χ1v) is 7.22. The number of hydrogen-bond acceptors (Lipinski definition) is 6. The van der Waals surface area contributed by atoms with E-state index in [1.165, 1.54) is 18.4 Å². The molecular weight excluding hydrogens is 306 g/mol. The zero-order chi connectivity index (χ0) is 15.9. The minimum atomic E-state index is -0.596. The summed E-state index contributed by atoms with van der Waals surface area (Å²) in [5, 5.41) is 7.30. The number of rotatable bonds is 5. The minimum Gasteiger partial charge on any atom is -0.497 e. The Morgan fingerprint density at radius 1 is 1.27 bits per heavy atom. The number of thiazole rings is 1. The van der Waals surface area contributed by atoms with Gasteiger partial charge < -0.3 is 14.8 Å². The number of carbonyl (C=O) groups is 2. The van der Waals surface area contributed by atoms with Crippen LogP contribution in [0.1, 0.15) is 5.69 Å². The van der Waals surface area contributed by atoms with Gasteiger partial charge in [-0.2, -0.15) is 0 Å². The van der Waals surface area contributed by atoms with Gasteiger partial charge in [-0.15, -0.1) is 11.3 Å². The van der Waals surface area contributed by atoms with Crippen molar-refractivity contribution in [3.05, 3.63) is 35.3 Å². The lowest BCUT2D eigenvalue weighted by Gasteiger charge is -2.06. The van der Waals surface area contributed by atoms with E-state index in [1.54, 1.807) is 36.8 Å². The summed E-state index contributed by atoms with van der Waals surface area (Å²) in [6.45, 7) is 0. The molecule has 0 spiro atoms. The molecule has 2 rings (SSSR count). The van der Waals surface area contributed by atoms with E-state index >= 15 is 0 Å². The molecule has 2 amide bonds. The van der Waals surface area contributed by atoms with E-state index < -0.39 is 6.09 Å². The predicted octanol–water partition coefficient (Wildman–Crippen LogP) is 2.51. The van der Waals surface area contributed by atoms with Crippen molar-refractivity contribution in [2.45, 2.75) is 6.42 Å². The highest BCUT2D eigenvalue weighted by molar-refractivity contribution is 7.13. The van der Waals surface area contributed by atoms with Crippen molar-refractivity contribution in [3.8, 4) is 5.75 Å². The van der Waals surface area contributed by atoms with Crippen LogP contribution in [-0.2, 0) is 16.0 Å². The molecule has 1 aromatic heterocycles. The van der Waals surface area contributed by atoms with Crippen LogP contribution in [0.3, 0.4) is 0 Å². The maximum Gasteiger partial charge on any atom is 0.413 e. The maximum absolute atomic E-state index is 12.0. The second-order valence-electron chi connectivity index (χ2n) is 4.22. The molecule has 0 bridgehead atoms. The number of hydrogen-bond donors (Lipinski definition) is 2. The van der Waals surface area contributed by atoms with Crippen LogP contribution in [0.2, 0.25) is 0 Å². The van der Waals surface area contributed by atoms with E-state index in [0.717, 1.165) is 0 Å². The molecule has 0 radical (unpaired) electrons. The molecule has 22 heavy (non-hydrogen) atoms. The fraction of sp³-hybridized carbons (Fsp3) is 0.214. The Morgan fingerprint density at radius 2 is 2.09 bits per heavy atom. The Balaban J connectivity index is 1.93. The lowest BCUT2D eigenvalue weighted by atomic mass is 10.2. The average Bonchev–Trinajstić information content (AvgIpc) is 2.94. The molecule has 0 unspecified atom stereocenters. The average molecular weight is 321 g/mol. The van der Waals surface area contributed by atoms with Crippen LogP contribution in [0.5, 0.6) is 5.75 Å². The third-order valence-electron chi connectivity index (χ3n) is 2.64. The van der Waals surface area contributed by atoms with Crippen molar-refractivity contribution in [3.63, 3.8) is 0 Å². The summed E-state index contributed by atoms with van der Waals surface area (Å²) in [5.74, 6) is 0.458. The summed E-state index contributed by atoms with van der Waals surface area (Å²) in [5.41, 5.74) is 1.21. The number of amides is 2. The van der Waals surface area contributed by atoms with Gasteiger partial charge in [-0.25, -0.2) is 9.78 Å². The number of methoxy groups -OCH3 is 2. The van der Waals surface area contributed by atoms with Crippen LogP contribution in [0.4, 0.5) is 15.6 Å². The number of ether oxygens (including phenoxy) is 2. The standard InChI is InChI=1S/C14H15N3O4S/c1-20-11-5-3-4-9(6-11)15-12(18)7-10-8-22-13(16-10)17-14(19)21-2/h3-6,8H,7H2,1-2H3,(H,15,18)(H,16,17,19). The van der Waals surface area contributed by atoms with Crippen molar-refractivity contribution >= 4 is 34.2 Å². The van der Waals surface area contributed by atoms with Gasteiger partial charge in [-0.3, -0.25) is 10.1 Å². The van der Waals surface area contributed by atoms with Gasteiger partial charge in [0.05, 0.1) is 26.3 Å². The number of benzene rings is 1. The van der Waals surface area contributed by atoms with Crippen LogP contribution in [-0.4, -0.2) is 31.2 Å². The molecule has 0 atom stereocenters. The lowest BCUT2D eigenvalue weighted by molar-refractivity contribution is -0.115. The van der Waals surface area contributed by atoms with Gasteiger partial charge >= 0.3 is 6.09 Å². The van der Waals surface area contributed by atoms with Gasteiger partial charge in [0.15, 0.2) is 5.13 Å². The van der Waals surface area contributed by atoms with E-state index in [2.05, 4.69) is 20.4 Å². The van der Waals surface area contributed by atoms with E-state index in [0.29, 0.717) is 22.3 Å². The van der Waals surface area contributed by atoms with Crippen LogP contribution in [0.15, 0.2) is 29.6 Å². The van der Waals surface area contributed by atoms with Crippen molar-refractivity contribution < 1.29 is 19.1 Å². The summed E-state index contributed by atoms with van der Waals surface area (Å²) >= 11 is 1.22. The molecular formula is C14H15N3O4S. The smallest absolute Gasteiger partial charge is 0.413 e. The van der Waals surface area contributed by atoms with Crippen molar-refractivity contribution in [1.29, 1.82) is 0 Å². The molecule has 0 aliphatic carbocycles. The van der Waals surface area contributed by atoms with Gasteiger partial charge in [0.25, 0.3) is 0 Å². The zero-order valence-corrected chi connectivity index (χ0v) is 12.9. The molecule has 0 saturated carbocycles. The van der Waals surface area contributed by atoms with Gasteiger partial charge in [-0.05, 0) is 12.1 Å². The molecule has 2 aromatic rings. The predicted molar refractivity (Wildman–Crippen MR) is 83.5 cm³/mol. The Kier molecular flexibility index (Phi) is 5.31. The number of anilines is 2. The second-order valence-corrected chi connectivity index (χ2v) is 5.08. The lowest BCUT2D eigenvalue weighted by Crippen LogP contribution is -2.15. The number of nitrogens with one attached hydrogen (secondary N) is 2. The summed E-state index contributed by atoms with van der Waals surface area (Å²) in [7, 11) is 2.83. The first-order valence-electron chi connectivity index (χ1n) is 6.34. The highest BCUT2D eigenvalue weighted by Crippen LogP contribution is 2.18. The molecule has 1 heterocycles. The monoisotopic (exact) mass is 321 g/mol. The molecule has 0 fully saturated rings. The van der Waals surface area contributed by atoms with Crippen LogP contribution < -0.4 is 15.4 Å². The first kappa shape index (κ1) is 15.8. The Labute approximate surface area is 131 Å². The second kappa shape index (κ2) is 7.41. The van der Waals surface area contributed by atoms with Crippen molar-refractivity contribution in [2.75, 3.05) is 24.9 Å². The van der Waals surface area contributed by atoms with E-state index in [-0.39, 0.29) is 12.3 Å². The summed E-state index contributed by atoms with van der Waals surface area (Å²) in [4.78, 5) is 27.2. The third-order valence-corrected chi connectivity index (χ3v) is 3.45. The van der Waals surface area contributed by atoms with Crippen molar-refractivity contribution in [1.82, 2.24) is 4.98 Å². The highest BCUT2D eigenvalue weighted by atomic mass is 32.1. The summed E-state index contributed by atoms with van der Waals surface area (Å²) < 4.78 is 9.56. The third kappa shape index (κ3) is 4.45. The number of aromatic nitrogens is 1. The Hall–Kier alpha value is -2.61. The van der Waals surface area contributed by atoms with Crippen LogP contribution in [0.25, 0.3) is 0 Å². The summed E-state index contributed by atoms with van der Waals surface area (Å²) in [6.07, 6.45) is -0.488. The zero-order valence-electron chi connectivity index (χ0n) is 12.1. The molecule has 8 heteroatoms. The van der Waals surface area contributed by atoms with E-state index in [4.69, 9.17) is 4.74 Å². The molecule has 7 nitrogen and oxygen atoms in total. The molecule has 0 aliphatic rings. The molecule has 116 valence electrons. The minimum absolute atomic E-state index is 0.108. The fourth-order valence-electron chi connectivity index (χ4n) is 1.65. The largest absolute Gasteiger partial charge is 0.497 e. The highest BCUT2D eigenvalue weighted by Gasteiger charge is 2.10. The van der Waals surface area contributed by atoms with Gasteiger partial charge in [0, 0.05) is 17.1 Å². The van der Waals surface area contributed by atoms with Gasteiger partial charge in [0.2, 0.25) is 5.91 Å². The van der Waals surface area contributed by atoms with Gasteiger partial charge in [-0.1, -0.05) is 6.07 Å². The van der Waals surface area contributed by atoms with E-state index in [1.807, 2.05) is 0 Å². The molecule has 0 aliphatic heterocycles. The maximum atomic E-state index is 12.0. The van der Waals surface area contributed by atoms with Crippen LogP contribution in [0, 0.1) is 0 Å². The molecule has 1 aromatic carbocycles. The number of carbonyl (C=O) groups excluding carboxylic acids is 2. The Bertz CT molecular complexity index is 672. The summed E-state index contributed by atoms with van der Waals surface area (Å²) in [6, 6.07) is 7.07. The Morgan fingerprint density at radius 3 is 2.82 bits per heavy atom. The normalized spacial score (nSPS) is 9.91. The van der Waals surface area contributed by atoms with Gasteiger partial charge in [0.1, 0.15) is 5.75 Å².